The molecule has 0 aliphatic carbocycles. The van der Waals surface area contributed by atoms with Crippen LogP contribution in [-0.2, 0) is 4.79 Å². The number of aliphatic carboxylic acids is 1. The van der Waals surface area contributed by atoms with Gasteiger partial charge in [-0.15, -0.1) is 0 Å². The maximum Gasteiger partial charge on any atom is 0.320 e. The maximum atomic E-state index is 11.2. The van der Waals surface area contributed by atoms with Crippen LogP contribution in [0.5, 0.6) is 0 Å². The van der Waals surface area contributed by atoms with Gasteiger partial charge in [-0.05, 0) is 46.4 Å². The molecule has 0 aromatic heterocycles. The molecule has 0 aromatic rings. The second-order valence-electron chi connectivity index (χ2n) is 4.90. The summed E-state index contributed by atoms with van der Waals surface area (Å²) in [6.07, 6.45) is 5.24. The molecule has 0 amide bonds. The first-order chi connectivity index (χ1) is 7.61. The first-order valence-electron chi connectivity index (χ1n) is 6.23. The van der Waals surface area contributed by atoms with E-state index < -0.39 is 5.97 Å². The van der Waals surface area contributed by atoms with E-state index in [4.69, 9.17) is 0 Å². The summed E-state index contributed by atoms with van der Waals surface area (Å²) in [5.41, 5.74) is 0. The quantitative estimate of drug-likeness (QED) is 0.769. The Morgan fingerprint density at radius 2 is 2.12 bits per heavy atom. The molecule has 1 heterocycles. The van der Waals surface area contributed by atoms with E-state index in [2.05, 4.69) is 23.9 Å². The molecule has 1 unspecified atom stereocenters. The molecule has 4 heteroatoms. The summed E-state index contributed by atoms with van der Waals surface area (Å²) in [7, 11) is 4.11. The zero-order chi connectivity index (χ0) is 12.0. The van der Waals surface area contributed by atoms with Crippen molar-refractivity contribution >= 4 is 5.97 Å². The second kappa shape index (κ2) is 6.86. The fourth-order valence-electron chi connectivity index (χ4n) is 2.31. The standard InChI is InChI=1S/C12H24N2O2/c1-13(2)8-6-10-14-9-5-3-4-7-11(14)12(15)16/h11H,3-10H2,1-2H3,(H,15,16). The fraction of sp³-hybridized carbons (Fsp3) is 0.917. The first-order valence-corrected chi connectivity index (χ1v) is 6.23. The van der Waals surface area contributed by atoms with Crippen LogP contribution in [-0.4, -0.2) is 60.6 Å². The molecular weight excluding hydrogens is 204 g/mol. The van der Waals surface area contributed by atoms with Gasteiger partial charge in [-0.25, -0.2) is 0 Å². The molecule has 1 fully saturated rings. The normalized spacial score (nSPS) is 23.3. The molecule has 0 radical (unpaired) electrons. The highest BCUT2D eigenvalue weighted by Gasteiger charge is 2.26. The third kappa shape index (κ3) is 4.49. The molecule has 94 valence electrons. The van der Waals surface area contributed by atoms with Crippen LogP contribution in [0.25, 0.3) is 0 Å². The monoisotopic (exact) mass is 228 g/mol. The van der Waals surface area contributed by atoms with Crippen LogP contribution >= 0.6 is 0 Å². The van der Waals surface area contributed by atoms with Gasteiger partial charge in [0.2, 0.25) is 0 Å². The molecule has 1 rings (SSSR count). The van der Waals surface area contributed by atoms with Crippen LogP contribution in [0.2, 0.25) is 0 Å². The average Bonchev–Trinajstić information content (AvgIpc) is 2.42. The largest absolute Gasteiger partial charge is 0.480 e. The van der Waals surface area contributed by atoms with Crippen molar-refractivity contribution in [2.45, 2.75) is 38.1 Å². The highest BCUT2D eigenvalue weighted by molar-refractivity contribution is 5.73. The van der Waals surface area contributed by atoms with Gasteiger partial charge in [-0.3, -0.25) is 9.69 Å². The molecule has 0 aromatic carbocycles. The van der Waals surface area contributed by atoms with Gasteiger partial charge in [0.15, 0.2) is 0 Å². The summed E-state index contributed by atoms with van der Waals surface area (Å²) in [4.78, 5) is 15.5. The Labute approximate surface area is 98.2 Å². The molecule has 1 N–H and O–H groups in total. The lowest BCUT2D eigenvalue weighted by Gasteiger charge is -2.27. The van der Waals surface area contributed by atoms with Crippen LogP contribution in [0.15, 0.2) is 0 Å². The number of hydrogen-bond acceptors (Lipinski definition) is 3. The lowest BCUT2D eigenvalue weighted by atomic mass is 10.1. The molecule has 0 bridgehead atoms. The molecule has 4 nitrogen and oxygen atoms in total. The van der Waals surface area contributed by atoms with Crippen molar-refractivity contribution in [3.63, 3.8) is 0 Å². The topological polar surface area (TPSA) is 43.8 Å². The predicted molar refractivity (Wildman–Crippen MR) is 64.6 cm³/mol. The minimum absolute atomic E-state index is 0.246. The highest BCUT2D eigenvalue weighted by atomic mass is 16.4. The number of nitrogens with zero attached hydrogens (tertiary/aromatic N) is 2. The molecule has 1 saturated heterocycles. The van der Waals surface area contributed by atoms with Gasteiger partial charge in [0.05, 0.1) is 0 Å². The van der Waals surface area contributed by atoms with Gasteiger partial charge in [0, 0.05) is 6.54 Å². The highest BCUT2D eigenvalue weighted by Crippen LogP contribution is 2.17. The molecular formula is C12H24N2O2. The zero-order valence-electron chi connectivity index (χ0n) is 10.5. The van der Waals surface area contributed by atoms with Crippen molar-refractivity contribution in [1.82, 2.24) is 9.80 Å². The van der Waals surface area contributed by atoms with Gasteiger partial charge in [0.1, 0.15) is 6.04 Å². The van der Waals surface area contributed by atoms with Crippen LogP contribution in [0.3, 0.4) is 0 Å². The van der Waals surface area contributed by atoms with Crippen LogP contribution in [0, 0.1) is 0 Å². The Bertz CT molecular complexity index is 219. The Kier molecular flexibility index (Phi) is 5.77. The Morgan fingerprint density at radius 3 is 2.75 bits per heavy atom. The molecule has 1 atom stereocenters. The Hall–Kier alpha value is -0.610. The number of carboxylic acid groups (broad SMARTS) is 1. The van der Waals surface area contributed by atoms with Crippen molar-refractivity contribution in [2.75, 3.05) is 33.7 Å². The predicted octanol–water partition coefficient (Wildman–Crippen LogP) is 1.27. The summed E-state index contributed by atoms with van der Waals surface area (Å²) in [5.74, 6) is -0.647. The number of carbonyl (C=O) groups is 1. The van der Waals surface area contributed by atoms with E-state index >= 15 is 0 Å². The van der Waals surface area contributed by atoms with Gasteiger partial charge < -0.3 is 10.0 Å². The first kappa shape index (κ1) is 13.5. The smallest absolute Gasteiger partial charge is 0.320 e. The van der Waals surface area contributed by atoms with Crippen molar-refractivity contribution in [1.29, 1.82) is 0 Å². The van der Waals surface area contributed by atoms with Crippen LogP contribution in [0.1, 0.15) is 32.1 Å². The van der Waals surface area contributed by atoms with Gasteiger partial charge in [-0.1, -0.05) is 12.8 Å². The second-order valence-corrected chi connectivity index (χ2v) is 4.90. The van der Waals surface area contributed by atoms with Gasteiger partial charge in [0.25, 0.3) is 0 Å². The molecule has 1 aliphatic heterocycles. The third-order valence-corrected chi connectivity index (χ3v) is 3.20. The lowest BCUT2D eigenvalue weighted by Crippen LogP contribution is -2.41. The van der Waals surface area contributed by atoms with E-state index in [1.54, 1.807) is 0 Å². The van der Waals surface area contributed by atoms with Crippen LogP contribution in [0.4, 0.5) is 0 Å². The molecule has 0 spiro atoms. The SMILES string of the molecule is CN(C)CCCN1CCCCCC1C(=O)O. The summed E-state index contributed by atoms with van der Waals surface area (Å²) in [6, 6.07) is -0.246. The van der Waals surface area contributed by atoms with E-state index in [1.807, 2.05) is 0 Å². The van der Waals surface area contributed by atoms with Crippen molar-refractivity contribution < 1.29 is 9.90 Å². The average molecular weight is 228 g/mol. The zero-order valence-corrected chi connectivity index (χ0v) is 10.5. The van der Waals surface area contributed by atoms with E-state index in [1.165, 1.54) is 6.42 Å². The maximum absolute atomic E-state index is 11.2. The number of likely N-dealkylation sites (tertiary alicyclic amines) is 1. The Balaban J connectivity index is 2.41. The molecule has 0 saturated carbocycles. The minimum Gasteiger partial charge on any atom is -0.480 e. The lowest BCUT2D eigenvalue weighted by molar-refractivity contribution is -0.143. The van der Waals surface area contributed by atoms with Crippen molar-refractivity contribution in [2.24, 2.45) is 0 Å². The minimum atomic E-state index is -0.647. The van der Waals surface area contributed by atoms with Gasteiger partial charge in [-0.2, -0.15) is 0 Å². The summed E-state index contributed by atoms with van der Waals surface area (Å²) < 4.78 is 0. The van der Waals surface area contributed by atoms with E-state index in [0.29, 0.717) is 0 Å². The van der Waals surface area contributed by atoms with Crippen molar-refractivity contribution in [3.8, 4) is 0 Å². The van der Waals surface area contributed by atoms with Gasteiger partial charge >= 0.3 is 5.97 Å². The third-order valence-electron chi connectivity index (χ3n) is 3.20. The van der Waals surface area contributed by atoms with E-state index in [-0.39, 0.29) is 6.04 Å². The number of rotatable bonds is 5. The summed E-state index contributed by atoms with van der Waals surface area (Å²) >= 11 is 0. The van der Waals surface area contributed by atoms with Crippen LogP contribution < -0.4 is 0 Å². The fourth-order valence-corrected chi connectivity index (χ4v) is 2.31. The summed E-state index contributed by atoms with van der Waals surface area (Å²) in [5, 5.41) is 9.19. The van der Waals surface area contributed by atoms with E-state index in [9.17, 15) is 9.90 Å². The summed E-state index contributed by atoms with van der Waals surface area (Å²) in [6.45, 7) is 2.89. The Morgan fingerprint density at radius 1 is 1.38 bits per heavy atom. The molecule has 1 aliphatic rings. The van der Waals surface area contributed by atoms with Crippen molar-refractivity contribution in [3.05, 3.63) is 0 Å². The molecule has 16 heavy (non-hydrogen) atoms. The number of hydrogen-bond donors (Lipinski definition) is 1. The number of carboxylic acids is 1. The van der Waals surface area contributed by atoms with E-state index in [0.717, 1.165) is 45.3 Å².